The van der Waals surface area contributed by atoms with Crippen molar-refractivity contribution in [3.05, 3.63) is 0 Å². The zero-order chi connectivity index (χ0) is 14.0. The molecule has 5 heteroatoms. The SMILES string of the molecule is CC1CCN(C(=O)N2CCC(C(=O)O)CC2)C(C)C1. The summed E-state index contributed by atoms with van der Waals surface area (Å²) >= 11 is 0. The van der Waals surface area contributed by atoms with Crippen LogP contribution in [0.4, 0.5) is 4.79 Å². The maximum absolute atomic E-state index is 12.5. The van der Waals surface area contributed by atoms with Crippen LogP contribution in [0, 0.1) is 11.8 Å². The molecule has 2 atom stereocenters. The molecule has 2 fully saturated rings. The van der Waals surface area contributed by atoms with Gasteiger partial charge in [-0.1, -0.05) is 6.92 Å². The Morgan fingerprint density at radius 1 is 1.05 bits per heavy atom. The second kappa shape index (κ2) is 5.80. The molecule has 0 radical (unpaired) electrons. The number of rotatable bonds is 1. The van der Waals surface area contributed by atoms with Gasteiger partial charge in [0.05, 0.1) is 5.92 Å². The Morgan fingerprint density at radius 2 is 1.68 bits per heavy atom. The molecular weight excluding hydrogens is 244 g/mol. The highest BCUT2D eigenvalue weighted by atomic mass is 16.4. The smallest absolute Gasteiger partial charge is 0.320 e. The van der Waals surface area contributed by atoms with Crippen molar-refractivity contribution < 1.29 is 14.7 Å². The Balaban J connectivity index is 1.89. The fraction of sp³-hybridized carbons (Fsp3) is 0.857. The molecule has 0 aromatic rings. The van der Waals surface area contributed by atoms with Crippen molar-refractivity contribution >= 4 is 12.0 Å². The highest BCUT2D eigenvalue weighted by Crippen LogP contribution is 2.25. The molecule has 2 rings (SSSR count). The predicted molar refractivity (Wildman–Crippen MR) is 71.9 cm³/mol. The number of urea groups is 1. The number of carboxylic acid groups (broad SMARTS) is 1. The Kier molecular flexibility index (Phi) is 4.32. The van der Waals surface area contributed by atoms with Gasteiger partial charge in [0, 0.05) is 25.7 Å². The summed E-state index contributed by atoms with van der Waals surface area (Å²) in [7, 11) is 0. The van der Waals surface area contributed by atoms with Crippen molar-refractivity contribution in [1.29, 1.82) is 0 Å². The van der Waals surface area contributed by atoms with E-state index < -0.39 is 5.97 Å². The lowest BCUT2D eigenvalue weighted by molar-refractivity contribution is -0.143. The number of hydrogen-bond donors (Lipinski definition) is 1. The zero-order valence-corrected chi connectivity index (χ0v) is 11.8. The van der Waals surface area contributed by atoms with E-state index in [-0.39, 0.29) is 11.9 Å². The minimum absolute atomic E-state index is 0.100. The molecule has 2 saturated heterocycles. The summed E-state index contributed by atoms with van der Waals surface area (Å²) in [5.74, 6) is -0.313. The van der Waals surface area contributed by atoms with Crippen molar-refractivity contribution in [2.45, 2.75) is 45.6 Å². The largest absolute Gasteiger partial charge is 0.481 e. The second-order valence-corrected chi connectivity index (χ2v) is 6.05. The Morgan fingerprint density at radius 3 is 2.21 bits per heavy atom. The fourth-order valence-corrected chi connectivity index (χ4v) is 3.19. The van der Waals surface area contributed by atoms with E-state index in [0.29, 0.717) is 37.9 Å². The topological polar surface area (TPSA) is 60.9 Å². The monoisotopic (exact) mass is 268 g/mol. The first-order valence-electron chi connectivity index (χ1n) is 7.27. The predicted octanol–water partition coefficient (Wildman–Crippen LogP) is 2.02. The van der Waals surface area contributed by atoms with E-state index in [1.54, 1.807) is 0 Å². The highest BCUT2D eigenvalue weighted by molar-refractivity contribution is 5.76. The Bertz CT molecular complexity index is 351. The normalized spacial score (nSPS) is 29.4. The van der Waals surface area contributed by atoms with Crippen molar-refractivity contribution in [2.24, 2.45) is 11.8 Å². The summed E-state index contributed by atoms with van der Waals surface area (Å²) < 4.78 is 0. The summed E-state index contributed by atoms with van der Waals surface area (Å²) in [6, 6.07) is 0.400. The van der Waals surface area contributed by atoms with Gasteiger partial charge in [0.15, 0.2) is 0 Å². The molecule has 0 aliphatic carbocycles. The molecule has 0 spiro atoms. The molecule has 2 aliphatic rings. The van der Waals surface area contributed by atoms with E-state index in [0.717, 1.165) is 19.4 Å². The molecule has 2 heterocycles. The van der Waals surface area contributed by atoms with Crippen molar-refractivity contribution in [3.8, 4) is 0 Å². The van der Waals surface area contributed by atoms with E-state index in [1.807, 2.05) is 9.80 Å². The number of aliphatic carboxylic acids is 1. The minimum atomic E-state index is -0.729. The van der Waals surface area contributed by atoms with E-state index in [9.17, 15) is 9.59 Å². The van der Waals surface area contributed by atoms with Gasteiger partial charge in [-0.3, -0.25) is 4.79 Å². The first kappa shape index (κ1) is 14.2. The number of piperidine rings is 2. The van der Waals surface area contributed by atoms with E-state index in [4.69, 9.17) is 5.11 Å². The van der Waals surface area contributed by atoms with Gasteiger partial charge in [0.2, 0.25) is 0 Å². The van der Waals surface area contributed by atoms with Crippen LogP contribution >= 0.6 is 0 Å². The lowest BCUT2D eigenvalue weighted by Gasteiger charge is -2.41. The third-order valence-corrected chi connectivity index (χ3v) is 4.50. The van der Waals surface area contributed by atoms with Gasteiger partial charge in [0.1, 0.15) is 0 Å². The summed E-state index contributed by atoms with van der Waals surface area (Å²) in [4.78, 5) is 27.1. The number of likely N-dealkylation sites (tertiary alicyclic amines) is 2. The number of hydrogen-bond acceptors (Lipinski definition) is 2. The summed E-state index contributed by atoms with van der Waals surface area (Å²) in [6.45, 7) is 6.33. The number of carbonyl (C=O) groups excluding carboxylic acids is 1. The van der Waals surface area contributed by atoms with Crippen LogP contribution in [-0.4, -0.2) is 52.6 Å². The van der Waals surface area contributed by atoms with Gasteiger partial charge in [-0.2, -0.15) is 0 Å². The Labute approximate surface area is 114 Å². The fourth-order valence-electron chi connectivity index (χ4n) is 3.19. The van der Waals surface area contributed by atoms with Crippen LogP contribution in [0.3, 0.4) is 0 Å². The molecule has 2 unspecified atom stereocenters. The van der Waals surface area contributed by atoms with Crippen molar-refractivity contribution in [1.82, 2.24) is 9.80 Å². The maximum Gasteiger partial charge on any atom is 0.320 e. The van der Waals surface area contributed by atoms with Crippen molar-refractivity contribution in [2.75, 3.05) is 19.6 Å². The van der Waals surface area contributed by atoms with E-state index in [1.165, 1.54) is 0 Å². The number of nitrogens with zero attached hydrogens (tertiary/aromatic N) is 2. The molecule has 0 aromatic carbocycles. The third kappa shape index (κ3) is 3.19. The number of carboxylic acids is 1. The van der Waals surface area contributed by atoms with Gasteiger partial charge in [-0.15, -0.1) is 0 Å². The van der Waals surface area contributed by atoms with Gasteiger partial charge in [0.25, 0.3) is 0 Å². The average Bonchev–Trinajstić information content (AvgIpc) is 2.38. The minimum Gasteiger partial charge on any atom is -0.481 e. The average molecular weight is 268 g/mol. The number of amides is 2. The van der Waals surface area contributed by atoms with Crippen LogP contribution in [-0.2, 0) is 4.79 Å². The Hall–Kier alpha value is -1.26. The van der Waals surface area contributed by atoms with Crippen molar-refractivity contribution in [3.63, 3.8) is 0 Å². The van der Waals surface area contributed by atoms with Crippen LogP contribution in [0.15, 0.2) is 0 Å². The molecule has 1 N–H and O–H groups in total. The van der Waals surface area contributed by atoms with Gasteiger partial charge in [-0.25, -0.2) is 4.79 Å². The zero-order valence-electron chi connectivity index (χ0n) is 11.8. The van der Waals surface area contributed by atoms with Crippen LogP contribution in [0.1, 0.15) is 39.5 Å². The molecule has 0 saturated carbocycles. The maximum atomic E-state index is 12.5. The molecule has 5 nitrogen and oxygen atoms in total. The summed E-state index contributed by atoms with van der Waals surface area (Å²) in [6.07, 6.45) is 3.30. The quantitative estimate of drug-likeness (QED) is 0.791. The van der Waals surface area contributed by atoms with E-state index in [2.05, 4.69) is 13.8 Å². The first-order chi connectivity index (χ1) is 8.99. The molecular formula is C14H24N2O3. The number of carbonyl (C=O) groups is 2. The lowest BCUT2D eigenvalue weighted by Crippen LogP contribution is -2.52. The highest BCUT2D eigenvalue weighted by Gasteiger charge is 2.33. The second-order valence-electron chi connectivity index (χ2n) is 6.05. The van der Waals surface area contributed by atoms with Gasteiger partial charge >= 0.3 is 12.0 Å². The molecule has 0 bridgehead atoms. The molecule has 2 amide bonds. The molecule has 0 aromatic heterocycles. The first-order valence-corrected chi connectivity index (χ1v) is 7.27. The molecule has 2 aliphatic heterocycles. The van der Waals surface area contributed by atoms with Gasteiger partial charge in [-0.05, 0) is 38.5 Å². The molecule has 108 valence electrons. The van der Waals surface area contributed by atoms with E-state index >= 15 is 0 Å². The molecule has 19 heavy (non-hydrogen) atoms. The summed E-state index contributed by atoms with van der Waals surface area (Å²) in [5, 5.41) is 8.97. The van der Waals surface area contributed by atoms with Gasteiger partial charge < -0.3 is 14.9 Å². The third-order valence-electron chi connectivity index (χ3n) is 4.50. The van der Waals surface area contributed by atoms with Crippen LogP contribution in [0.5, 0.6) is 0 Å². The lowest BCUT2D eigenvalue weighted by atomic mass is 9.93. The van der Waals surface area contributed by atoms with Crippen LogP contribution in [0.25, 0.3) is 0 Å². The summed E-state index contributed by atoms with van der Waals surface area (Å²) in [5.41, 5.74) is 0. The van der Waals surface area contributed by atoms with Crippen LogP contribution < -0.4 is 0 Å². The standard InChI is InChI=1S/C14H24N2O3/c1-10-3-8-16(11(2)9-10)14(19)15-6-4-12(5-7-15)13(17)18/h10-12H,3-9H2,1-2H3,(H,17,18). The van der Waals surface area contributed by atoms with Crippen LogP contribution in [0.2, 0.25) is 0 Å².